The quantitative estimate of drug-likeness (QED) is 0.782. The molecule has 0 radical (unpaired) electrons. The number of hydrogen-bond donors (Lipinski definition) is 2. The van der Waals surface area contributed by atoms with Gasteiger partial charge in [-0.25, -0.2) is 0 Å². The van der Waals surface area contributed by atoms with Crippen LogP contribution in [0.3, 0.4) is 0 Å². The molecule has 1 aliphatic heterocycles. The molecule has 98 valence electrons. The van der Waals surface area contributed by atoms with Crippen LogP contribution in [0.15, 0.2) is 30.3 Å². The molecule has 1 aliphatic rings. The Morgan fingerprint density at radius 3 is 3.00 bits per heavy atom. The largest absolute Gasteiger partial charge is 0.484 e. The van der Waals surface area contributed by atoms with Gasteiger partial charge in [0.25, 0.3) is 5.91 Å². The Balaban J connectivity index is 1.63. The highest BCUT2D eigenvalue weighted by Gasteiger charge is 2.13. The average molecular weight is 250 g/mol. The first-order chi connectivity index (χ1) is 8.84. The minimum Gasteiger partial charge on any atom is -0.484 e. The van der Waals surface area contributed by atoms with E-state index in [1.165, 1.54) is 0 Å². The van der Waals surface area contributed by atoms with Crippen LogP contribution in [0.25, 0.3) is 0 Å². The van der Waals surface area contributed by atoms with Crippen LogP contribution in [-0.2, 0) is 9.53 Å². The molecule has 5 heteroatoms. The zero-order valence-corrected chi connectivity index (χ0v) is 10.2. The summed E-state index contributed by atoms with van der Waals surface area (Å²) in [4.78, 5) is 11.6. The molecule has 0 aromatic heterocycles. The third-order valence-electron chi connectivity index (χ3n) is 2.66. The maximum Gasteiger partial charge on any atom is 0.257 e. The molecule has 2 N–H and O–H groups in total. The summed E-state index contributed by atoms with van der Waals surface area (Å²) < 4.78 is 10.6. The van der Waals surface area contributed by atoms with E-state index < -0.39 is 0 Å². The molecule has 0 spiro atoms. The summed E-state index contributed by atoms with van der Waals surface area (Å²) in [5.74, 6) is 0.581. The van der Waals surface area contributed by atoms with Gasteiger partial charge in [-0.05, 0) is 12.1 Å². The molecule has 1 aromatic carbocycles. The Labute approximate surface area is 106 Å². The van der Waals surface area contributed by atoms with Crippen LogP contribution in [0.4, 0.5) is 0 Å². The SMILES string of the molecule is O=C(COc1ccccc1)NCC1COCCN1. The summed E-state index contributed by atoms with van der Waals surface area (Å²) in [6, 6.07) is 9.49. The number of ether oxygens (including phenoxy) is 2. The average Bonchev–Trinajstić information content (AvgIpc) is 2.45. The second kappa shape index (κ2) is 6.98. The monoisotopic (exact) mass is 250 g/mol. The lowest BCUT2D eigenvalue weighted by atomic mass is 10.3. The maximum atomic E-state index is 11.6. The van der Waals surface area contributed by atoms with Crippen molar-refractivity contribution in [2.24, 2.45) is 0 Å². The fraction of sp³-hybridized carbons (Fsp3) is 0.462. The fourth-order valence-corrected chi connectivity index (χ4v) is 1.70. The second-order valence-electron chi connectivity index (χ2n) is 4.13. The van der Waals surface area contributed by atoms with Gasteiger partial charge in [0.05, 0.1) is 13.2 Å². The summed E-state index contributed by atoms with van der Waals surface area (Å²) >= 11 is 0. The van der Waals surface area contributed by atoms with Gasteiger partial charge in [-0.1, -0.05) is 18.2 Å². The van der Waals surface area contributed by atoms with E-state index in [1.807, 2.05) is 30.3 Å². The normalized spacial score (nSPS) is 19.2. The van der Waals surface area contributed by atoms with Crippen molar-refractivity contribution in [2.45, 2.75) is 6.04 Å². The molecule has 1 fully saturated rings. The van der Waals surface area contributed by atoms with Crippen LogP contribution in [0.1, 0.15) is 0 Å². The van der Waals surface area contributed by atoms with Crippen molar-refractivity contribution in [3.05, 3.63) is 30.3 Å². The summed E-state index contributed by atoms with van der Waals surface area (Å²) in [5.41, 5.74) is 0. The van der Waals surface area contributed by atoms with E-state index in [2.05, 4.69) is 10.6 Å². The predicted octanol–water partition coefficient (Wildman–Crippen LogP) is 0.170. The Morgan fingerprint density at radius 2 is 2.28 bits per heavy atom. The Kier molecular flexibility index (Phi) is 4.99. The van der Waals surface area contributed by atoms with Crippen molar-refractivity contribution in [2.75, 3.05) is 32.9 Å². The van der Waals surface area contributed by atoms with Crippen LogP contribution >= 0.6 is 0 Å². The van der Waals surface area contributed by atoms with Crippen molar-refractivity contribution in [1.29, 1.82) is 0 Å². The highest BCUT2D eigenvalue weighted by atomic mass is 16.5. The lowest BCUT2D eigenvalue weighted by Crippen LogP contribution is -2.48. The molecule has 18 heavy (non-hydrogen) atoms. The summed E-state index contributed by atoms with van der Waals surface area (Å²) in [5, 5.41) is 6.08. The molecule has 1 aromatic rings. The summed E-state index contributed by atoms with van der Waals surface area (Å²) in [6.45, 7) is 2.82. The van der Waals surface area contributed by atoms with Gasteiger partial charge in [-0.3, -0.25) is 4.79 Å². The van der Waals surface area contributed by atoms with Gasteiger partial charge in [-0.15, -0.1) is 0 Å². The minimum absolute atomic E-state index is 0.0393. The van der Waals surface area contributed by atoms with Gasteiger partial charge < -0.3 is 20.1 Å². The number of para-hydroxylation sites is 1. The number of carbonyl (C=O) groups excluding carboxylic acids is 1. The number of hydrogen-bond acceptors (Lipinski definition) is 4. The van der Waals surface area contributed by atoms with Crippen LogP contribution in [0, 0.1) is 0 Å². The first kappa shape index (κ1) is 12.9. The van der Waals surface area contributed by atoms with Crippen molar-refractivity contribution in [1.82, 2.24) is 10.6 Å². The molecule has 0 aliphatic carbocycles. The van der Waals surface area contributed by atoms with Crippen molar-refractivity contribution < 1.29 is 14.3 Å². The molecule has 1 atom stereocenters. The topological polar surface area (TPSA) is 59.6 Å². The van der Waals surface area contributed by atoms with E-state index in [4.69, 9.17) is 9.47 Å². The van der Waals surface area contributed by atoms with Gasteiger partial charge in [-0.2, -0.15) is 0 Å². The molecule has 0 saturated carbocycles. The van der Waals surface area contributed by atoms with E-state index in [0.29, 0.717) is 18.9 Å². The van der Waals surface area contributed by atoms with E-state index >= 15 is 0 Å². The first-order valence-electron chi connectivity index (χ1n) is 6.10. The maximum absolute atomic E-state index is 11.6. The number of carbonyl (C=O) groups is 1. The number of nitrogens with one attached hydrogen (secondary N) is 2. The standard InChI is InChI=1S/C13H18N2O3/c16-13(10-18-12-4-2-1-3-5-12)15-8-11-9-17-7-6-14-11/h1-5,11,14H,6-10H2,(H,15,16). The molecule has 2 rings (SSSR count). The van der Waals surface area contributed by atoms with Gasteiger partial charge in [0.1, 0.15) is 5.75 Å². The lowest BCUT2D eigenvalue weighted by molar-refractivity contribution is -0.123. The van der Waals surface area contributed by atoms with E-state index in [0.717, 1.165) is 13.2 Å². The first-order valence-corrected chi connectivity index (χ1v) is 6.10. The molecule has 0 bridgehead atoms. The predicted molar refractivity (Wildman–Crippen MR) is 67.6 cm³/mol. The number of morpholine rings is 1. The molecule has 1 saturated heterocycles. The smallest absolute Gasteiger partial charge is 0.257 e. The molecule has 1 amide bonds. The Hall–Kier alpha value is -1.59. The highest BCUT2D eigenvalue weighted by molar-refractivity contribution is 5.77. The van der Waals surface area contributed by atoms with Crippen LogP contribution in [0.2, 0.25) is 0 Å². The third-order valence-corrected chi connectivity index (χ3v) is 2.66. The molecule has 1 unspecified atom stereocenters. The van der Waals surface area contributed by atoms with Gasteiger partial charge in [0, 0.05) is 19.1 Å². The summed E-state index contributed by atoms with van der Waals surface area (Å²) in [6.07, 6.45) is 0. The Bertz CT molecular complexity index is 364. The van der Waals surface area contributed by atoms with Gasteiger partial charge in [0.15, 0.2) is 6.61 Å². The van der Waals surface area contributed by atoms with Crippen molar-refractivity contribution in [3.63, 3.8) is 0 Å². The zero-order valence-electron chi connectivity index (χ0n) is 10.2. The number of rotatable bonds is 5. The van der Waals surface area contributed by atoms with E-state index in [-0.39, 0.29) is 18.6 Å². The lowest BCUT2D eigenvalue weighted by Gasteiger charge is -2.23. The minimum atomic E-state index is -0.119. The van der Waals surface area contributed by atoms with Gasteiger partial charge in [0.2, 0.25) is 0 Å². The number of benzene rings is 1. The van der Waals surface area contributed by atoms with Crippen LogP contribution in [-0.4, -0.2) is 44.9 Å². The molecule has 5 nitrogen and oxygen atoms in total. The Morgan fingerprint density at radius 1 is 1.44 bits per heavy atom. The van der Waals surface area contributed by atoms with Crippen LogP contribution < -0.4 is 15.4 Å². The van der Waals surface area contributed by atoms with Crippen molar-refractivity contribution in [3.8, 4) is 5.75 Å². The fourth-order valence-electron chi connectivity index (χ4n) is 1.70. The molecular weight excluding hydrogens is 232 g/mol. The zero-order chi connectivity index (χ0) is 12.6. The van der Waals surface area contributed by atoms with Crippen LogP contribution in [0.5, 0.6) is 5.75 Å². The van der Waals surface area contributed by atoms with E-state index in [9.17, 15) is 4.79 Å². The highest BCUT2D eigenvalue weighted by Crippen LogP contribution is 2.07. The van der Waals surface area contributed by atoms with E-state index in [1.54, 1.807) is 0 Å². The van der Waals surface area contributed by atoms with Crippen molar-refractivity contribution >= 4 is 5.91 Å². The number of amides is 1. The second-order valence-corrected chi connectivity index (χ2v) is 4.13. The summed E-state index contributed by atoms with van der Waals surface area (Å²) in [7, 11) is 0. The third kappa shape index (κ3) is 4.35. The molecule has 1 heterocycles. The molecular formula is C13H18N2O3. The van der Waals surface area contributed by atoms with Gasteiger partial charge >= 0.3 is 0 Å².